The molecule has 0 fully saturated rings. The molecule has 0 spiro atoms. The summed E-state index contributed by atoms with van der Waals surface area (Å²) >= 11 is 12.0. The zero-order chi connectivity index (χ0) is 19.2. The van der Waals surface area contributed by atoms with E-state index in [0.29, 0.717) is 5.75 Å². The normalized spacial score (nSPS) is 13.2. The summed E-state index contributed by atoms with van der Waals surface area (Å²) in [6.07, 6.45) is -1.45. The molecule has 0 unspecified atom stereocenters. The lowest BCUT2D eigenvalue weighted by Crippen LogP contribution is -2.43. The topological polar surface area (TPSA) is 27.1 Å². The largest absolute Gasteiger partial charge is 0.541 e. The van der Waals surface area contributed by atoms with Crippen molar-refractivity contribution in [3.05, 3.63) is 40.1 Å². The van der Waals surface area contributed by atoms with Gasteiger partial charge in [-0.05, 0) is 30.3 Å². The standard InChI is InChI=1S/C16H19Cl2F3N2OSi/c1-15(2,3)25(4,5)24-11-8-22-23(9-11)14-12(17)6-10(7-13(14)18)16(19,20)21/h6-9H,1-5H3. The molecular weight excluding hydrogens is 392 g/mol. The summed E-state index contributed by atoms with van der Waals surface area (Å²) in [6.45, 7) is 10.5. The molecule has 0 saturated heterocycles. The first-order valence-electron chi connectivity index (χ1n) is 7.53. The quantitative estimate of drug-likeness (QED) is 0.534. The predicted molar refractivity (Wildman–Crippen MR) is 96.4 cm³/mol. The average Bonchev–Trinajstić information content (AvgIpc) is 2.82. The van der Waals surface area contributed by atoms with Crippen LogP contribution in [-0.2, 0) is 6.18 Å². The van der Waals surface area contributed by atoms with Crippen LogP contribution < -0.4 is 4.43 Å². The van der Waals surface area contributed by atoms with E-state index in [1.54, 1.807) is 6.20 Å². The van der Waals surface area contributed by atoms with Gasteiger partial charge >= 0.3 is 6.18 Å². The van der Waals surface area contributed by atoms with Gasteiger partial charge in [0.15, 0.2) is 0 Å². The third-order valence-electron chi connectivity index (χ3n) is 4.31. The van der Waals surface area contributed by atoms with E-state index in [1.807, 2.05) is 0 Å². The smallest absolute Gasteiger partial charge is 0.416 e. The molecule has 138 valence electrons. The van der Waals surface area contributed by atoms with Gasteiger partial charge in [0.2, 0.25) is 0 Å². The molecule has 1 heterocycles. The Morgan fingerprint density at radius 1 is 1.08 bits per heavy atom. The summed E-state index contributed by atoms with van der Waals surface area (Å²) < 4.78 is 45.9. The van der Waals surface area contributed by atoms with Gasteiger partial charge in [0, 0.05) is 0 Å². The number of halogens is 5. The van der Waals surface area contributed by atoms with E-state index in [9.17, 15) is 13.2 Å². The number of aromatic nitrogens is 2. The van der Waals surface area contributed by atoms with Gasteiger partial charge in [-0.1, -0.05) is 44.0 Å². The van der Waals surface area contributed by atoms with E-state index in [0.717, 1.165) is 12.1 Å². The number of benzene rings is 1. The van der Waals surface area contributed by atoms with E-state index in [2.05, 4.69) is 39.0 Å². The van der Waals surface area contributed by atoms with Crippen molar-refractivity contribution in [2.75, 3.05) is 0 Å². The van der Waals surface area contributed by atoms with Crippen LogP contribution in [0.5, 0.6) is 5.75 Å². The molecular formula is C16H19Cl2F3N2OSi. The summed E-state index contributed by atoms with van der Waals surface area (Å²) in [7, 11) is -2.06. The van der Waals surface area contributed by atoms with Crippen LogP contribution >= 0.6 is 23.2 Å². The minimum Gasteiger partial charge on any atom is -0.541 e. The molecule has 2 aromatic rings. The third kappa shape index (κ3) is 4.32. The van der Waals surface area contributed by atoms with Crippen LogP contribution in [0.3, 0.4) is 0 Å². The summed E-state index contributed by atoms with van der Waals surface area (Å²) in [4.78, 5) is 0. The Morgan fingerprint density at radius 2 is 1.60 bits per heavy atom. The first kappa shape index (κ1) is 20.1. The minimum atomic E-state index is -4.52. The predicted octanol–water partition coefficient (Wildman–Crippen LogP) is 6.58. The highest BCUT2D eigenvalue weighted by Crippen LogP contribution is 2.39. The SMILES string of the molecule is CC(C)(C)[Si](C)(C)Oc1cnn(-c2c(Cl)cc(C(F)(F)F)cc2Cl)c1. The lowest BCUT2D eigenvalue weighted by molar-refractivity contribution is -0.137. The lowest BCUT2D eigenvalue weighted by Gasteiger charge is -2.35. The van der Waals surface area contributed by atoms with Crippen LogP contribution in [0.2, 0.25) is 28.2 Å². The van der Waals surface area contributed by atoms with E-state index < -0.39 is 20.1 Å². The number of rotatable bonds is 3. The highest BCUT2D eigenvalue weighted by Gasteiger charge is 2.39. The molecule has 0 saturated carbocycles. The lowest BCUT2D eigenvalue weighted by atomic mass is 10.2. The van der Waals surface area contributed by atoms with Crippen molar-refractivity contribution in [3.63, 3.8) is 0 Å². The monoisotopic (exact) mass is 410 g/mol. The van der Waals surface area contributed by atoms with Gasteiger partial charge in [0.05, 0.1) is 28.0 Å². The van der Waals surface area contributed by atoms with E-state index in [-0.39, 0.29) is 20.8 Å². The molecule has 0 aliphatic rings. The van der Waals surface area contributed by atoms with Crippen LogP contribution in [0, 0.1) is 0 Å². The second-order valence-corrected chi connectivity index (χ2v) is 12.8. The van der Waals surface area contributed by atoms with Gasteiger partial charge < -0.3 is 4.43 Å². The van der Waals surface area contributed by atoms with E-state index in [4.69, 9.17) is 27.6 Å². The molecule has 1 aromatic heterocycles. The molecule has 0 atom stereocenters. The highest BCUT2D eigenvalue weighted by atomic mass is 35.5. The summed E-state index contributed by atoms with van der Waals surface area (Å²) in [5, 5.41) is 3.85. The van der Waals surface area contributed by atoms with Crippen molar-refractivity contribution >= 4 is 31.5 Å². The number of hydrogen-bond donors (Lipinski definition) is 0. The van der Waals surface area contributed by atoms with E-state index in [1.165, 1.54) is 10.9 Å². The van der Waals surface area contributed by atoms with Crippen molar-refractivity contribution in [1.82, 2.24) is 9.78 Å². The van der Waals surface area contributed by atoms with Gasteiger partial charge in [-0.3, -0.25) is 0 Å². The molecule has 3 nitrogen and oxygen atoms in total. The number of hydrogen-bond acceptors (Lipinski definition) is 2. The van der Waals surface area contributed by atoms with Gasteiger partial charge in [-0.2, -0.15) is 18.3 Å². The molecule has 0 radical (unpaired) electrons. The molecule has 0 amide bonds. The zero-order valence-corrected chi connectivity index (χ0v) is 17.0. The van der Waals surface area contributed by atoms with Crippen LogP contribution in [0.25, 0.3) is 5.69 Å². The molecule has 1 aromatic carbocycles. The van der Waals surface area contributed by atoms with Crippen molar-refractivity contribution in [1.29, 1.82) is 0 Å². The molecule has 0 N–H and O–H groups in total. The van der Waals surface area contributed by atoms with Crippen LogP contribution in [-0.4, -0.2) is 18.1 Å². The van der Waals surface area contributed by atoms with Gasteiger partial charge in [0.25, 0.3) is 8.32 Å². The Kier molecular flexibility index (Phi) is 5.25. The summed E-state index contributed by atoms with van der Waals surface area (Å²) in [6, 6.07) is 1.66. The minimum absolute atomic E-state index is 0.00124. The Balaban J connectivity index is 2.38. The fourth-order valence-electron chi connectivity index (χ4n) is 1.88. The summed E-state index contributed by atoms with van der Waals surface area (Å²) in [5.74, 6) is 0.527. The second-order valence-electron chi connectivity index (χ2n) is 7.27. The first-order valence-corrected chi connectivity index (χ1v) is 11.2. The molecule has 9 heteroatoms. The molecule has 0 aliphatic heterocycles. The van der Waals surface area contributed by atoms with Gasteiger partial charge in [-0.25, -0.2) is 4.68 Å². The van der Waals surface area contributed by atoms with Crippen LogP contribution in [0.15, 0.2) is 24.5 Å². The fourth-order valence-corrected chi connectivity index (χ4v) is 3.54. The van der Waals surface area contributed by atoms with Crippen molar-refractivity contribution < 1.29 is 17.6 Å². The van der Waals surface area contributed by atoms with Crippen LogP contribution in [0.4, 0.5) is 13.2 Å². The number of nitrogens with zero attached hydrogens (tertiary/aromatic N) is 2. The maximum Gasteiger partial charge on any atom is 0.416 e. The van der Waals surface area contributed by atoms with Crippen molar-refractivity contribution in [2.24, 2.45) is 0 Å². The maximum atomic E-state index is 12.8. The second kappa shape index (κ2) is 6.52. The molecule has 2 rings (SSSR count). The maximum absolute atomic E-state index is 12.8. The van der Waals surface area contributed by atoms with Crippen LogP contribution in [0.1, 0.15) is 26.3 Å². The Bertz CT molecular complexity index is 759. The Labute approximate surface area is 155 Å². The van der Waals surface area contributed by atoms with Gasteiger partial charge in [-0.15, -0.1) is 0 Å². The Morgan fingerprint density at radius 3 is 2.04 bits per heavy atom. The third-order valence-corrected chi connectivity index (χ3v) is 9.25. The highest BCUT2D eigenvalue weighted by molar-refractivity contribution is 6.74. The Hall–Kier alpha value is -1.18. The zero-order valence-electron chi connectivity index (χ0n) is 14.5. The summed E-state index contributed by atoms with van der Waals surface area (Å²) in [5.41, 5.74) is -0.724. The number of alkyl halides is 3. The van der Waals surface area contributed by atoms with Crippen molar-refractivity contribution in [2.45, 2.75) is 45.1 Å². The van der Waals surface area contributed by atoms with E-state index >= 15 is 0 Å². The molecule has 0 aliphatic carbocycles. The average molecular weight is 411 g/mol. The fraction of sp³-hybridized carbons (Fsp3) is 0.438. The molecule has 25 heavy (non-hydrogen) atoms. The first-order chi connectivity index (χ1) is 11.2. The van der Waals surface area contributed by atoms with Crippen molar-refractivity contribution in [3.8, 4) is 11.4 Å². The molecule has 0 bridgehead atoms. The van der Waals surface area contributed by atoms with Gasteiger partial charge in [0.1, 0.15) is 11.4 Å².